The van der Waals surface area contributed by atoms with Crippen molar-refractivity contribution in [1.29, 1.82) is 0 Å². The third-order valence-electron chi connectivity index (χ3n) is 5.10. The van der Waals surface area contributed by atoms with E-state index in [9.17, 15) is 13.2 Å². The number of ether oxygens (including phenoxy) is 1. The highest BCUT2D eigenvalue weighted by Gasteiger charge is 2.37. The average Bonchev–Trinajstić information content (AvgIpc) is 3.26. The van der Waals surface area contributed by atoms with Gasteiger partial charge < -0.3 is 9.64 Å². The maximum Gasteiger partial charge on any atom is 0.257 e. The van der Waals surface area contributed by atoms with Crippen molar-refractivity contribution >= 4 is 27.3 Å². The van der Waals surface area contributed by atoms with E-state index in [4.69, 9.17) is 16.3 Å². The van der Waals surface area contributed by atoms with Gasteiger partial charge in [-0.05, 0) is 55.0 Å². The van der Waals surface area contributed by atoms with Gasteiger partial charge >= 0.3 is 0 Å². The molecule has 0 aliphatic carbocycles. The van der Waals surface area contributed by atoms with Crippen molar-refractivity contribution in [2.24, 2.45) is 0 Å². The van der Waals surface area contributed by atoms with Gasteiger partial charge in [-0.25, -0.2) is 8.42 Å². The van der Waals surface area contributed by atoms with E-state index in [0.717, 1.165) is 0 Å². The van der Waals surface area contributed by atoms with Crippen LogP contribution in [0.4, 0.5) is 0 Å². The molecule has 3 aromatic carbocycles. The molecule has 1 atom stereocenters. The number of hydrogen-bond donors (Lipinski definition) is 0. The maximum absolute atomic E-state index is 13.1. The molecule has 7 heteroatoms. The molecule has 1 unspecified atom stereocenters. The summed E-state index contributed by atoms with van der Waals surface area (Å²) in [6.45, 7) is 0.513. The Hall–Kier alpha value is -2.83. The number of likely N-dealkylation sites (tertiary alicyclic amines) is 1. The topological polar surface area (TPSA) is 63.7 Å². The number of sulfone groups is 1. The van der Waals surface area contributed by atoms with Gasteiger partial charge in [0.2, 0.25) is 0 Å². The number of hydrogen-bond acceptors (Lipinski definition) is 4. The highest BCUT2D eigenvalue weighted by molar-refractivity contribution is 7.92. The highest BCUT2D eigenvalue weighted by Crippen LogP contribution is 2.29. The second kappa shape index (κ2) is 8.50. The van der Waals surface area contributed by atoms with Crippen LogP contribution in [0.5, 0.6) is 11.5 Å². The molecule has 4 rings (SSSR count). The fourth-order valence-electron chi connectivity index (χ4n) is 3.50. The van der Waals surface area contributed by atoms with Crippen LogP contribution >= 0.6 is 11.6 Å². The van der Waals surface area contributed by atoms with Gasteiger partial charge in [-0.2, -0.15) is 0 Å². The quantitative estimate of drug-likeness (QED) is 0.569. The summed E-state index contributed by atoms with van der Waals surface area (Å²) in [5.74, 6) is 0.829. The van der Waals surface area contributed by atoms with Gasteiger partial charge in [0.1, 0.15) is 11.5 Å². The summed E-state index contributed by atoms with van der Waals surface area (Å²) < 4.78 is 31.8. The molecule has 1 fully saturated rings. The van der Waals surface area contributed by atoms with Crippen molar-refractivity contribution in [2.75, 3.05) is 13.1 Å². The number of carbonyl (C=O) groups excluding carboxylic acids is 1. The lowest BCUT2D eigenvalue weighted by Gasteiger charge is -2.19. The highest BCUT2D eigenvalue weighted by atomic mass is 35.5. The summed E-state index contributed by atoms with van der Waals surface area (Å²) in [7, 11) is -3.55. The maximum atomic E-state index is 13.1. The van der Waals surface area contributed by atoms with Crippen molar-refractivity contribution in [3.63, 3.8) is 0 Å². The van der Waals surface area contributed by atoms with Crippen LogP contribution in [0.1, 0.15) is 16.8 Å². The lowest BCUT2D eigenvalue weighted by Crippen LogP contribution is -2.32. The van der Waals surface area contributed by atoms with Crippen LogP contribution in [0.15, 0.2) is 83.8 Å². The van der Waals surface area contributed by atoms with E-state index in [0.29, 0.717) is 35.1 Å². The SMILES string of the molecule is O=C(c1ccccc1Oc1ccccc1)N1CCC(S(=O)(=O)c2ccc(Cl)cc2)C1. The van der Waals surface area contributed by atoms with E-state index >= 15 is 0 Å². The van der Waals surface area contributed by atoms with E-state index in [1.54, 1.807) is 41.3 Å². The molecular weight excluding hydrogens is 422 g/mol. The predicted octanol–water partition coefficient (Wildman–Crippen LogP) is 4.82. The first kappa shape index (κ1) is 20.4. The monoisotopic (exact) mass is 441 g/mol. The fraction of sp³-hybridized carbons (Fsp3) is 0.174. The molecule has 1 aliphatic rings. The molecule has 0 saturated carbocycles. The zero-order valence-corrected chi connectivity index (χ0v) is 17.6. The van der Waals surface area contributed by atoms with Gasteiger partial charge in [0.05, 0.1) is 15.7 Å². The second-order valence-electron chi connectivity index (χ2n) is 7.07. The van der Waals surface area contributed by atoms with E-state index < -0.39 is 15.1 Å². The molecule has 154 valence electrons. The summed E-state index contributed by atoms with van der Waals surface area (Å²) in [5.41, 5.74) is 0.408. The van der Waals surface area contributed by atoms with E-state index in [-0.39, 0.29) is 17.3 Å². The largest absolute Gasteiger partial charge is 0.457 e. The van der Waals surface area contributed by atoms with Crippen molar-refractivity contribution in [2.45, 2.75) is 16.6 Å². The molecule has 30 heavy (non-hydrogen) atoms. The minimum Gasteiger partial charge on any atom is -0.457 e. The Bertz CT molecular complexity index is 1150. The van der Waals surface area contributed by atoms with Crippen molar-refractivity contribution in [3.05, 3.63) is 89.4 Å². The van der Waals surface area contributed by atoms with Crippen LogP contribution in [0, 0.1) is 0 Å². The van der Waals surface area contributed by atoms with Gasteiger partial charge in [0, 0.05) is 18.1 Å². The lowest BCUT2D eigenvalue weighted by molar-refractivity contribution is 0.0790. The second-order valence-corrected chi connectivity index (χ2v) is 9.74. The van der Waals surface area contributed by atoms with Crippen LogP contribution in [-0.4, -0.2) is 37.6 Å². The summed E-state index contributed by atoms with van der Waals surface area (Å²) >= 11 is 5.87. The van der Waals surface area contributed by atoms with E-state index in [1.807, 2.05) is 30.3 Å². The van der Waals surface area contributed by atoms with Crippen molar-refractivity contribution in [1.82, 2.24) is 4.90 Å². The third-order valence-corrected chi connectivity index (χ3v) is 7.55. The number of halogens is 1. The zero-order chi connectivity index (χ0) is 21.1. The first-order valence-electron chi connectivity index (χ1n) is 9.56. The minimum absolute atomic E-state index is 0.142. The number of carbonyl (C=O) groups is 1. The summed E-state index contributed by atoms with van der Waals surface area (Å²) in [6.07, 6.45) is 0.387. The smallest absolute Gasteiger partial charge is 0.257 e. The minimum atomic E-state index is -3.55. The molecule has 0 radical (unpaired) electrons. The van der Waals surface area contributed by atoms with Gasteiger partial charge in [-0.15, -0.1) is 0 Å². The molecule has 0 bridgehead atoms. The normalized spacial score (nSPS) is 16.4. The van der Waals surface area contributed by atoms with Crippen molar-refractivity contribution < 1.29 is 17.9 Å². The summed E-state index contributed by atoms with van der Waals surface area (Å²) in [5, 5.41) is -0.169. The Morgan fingerprint density at radius 1 is 0.933 bits per heavy atom. The fourth-order valence-corrected chi connectivity index (χ4v) is 5.32. The molecule has 5 nitrogen and oxygen atoms in total. The summed E-state index contributed by atoms with van der Waals surface area (Å²) in [6, 6.07) is 22.3. The Kier molecular flexibility index (Phi) is 5.79. The van der Waals surface area contributed by atoms with Crippen LogP contribution < -0.4 is 4.74 Å². The van der Waals surface area contributed by atoms with Crippen LogP contribution in [0.25, 0.3) is 0 Å². The summed E-state index contributed by atoms with van der Waals surface area (Å²) in [4.78, 5) is 14.9. The molecule has 0 spiro atoms. The van der Waals surface area contributed by atoms with Crippen LogP contribution in [-0.2, 0) is 9.84 Å². The van der Waals surface area contributed by atoms with Crippen LogP contribution in [0.3, 0.4) is 0 Å². The Balaban J connectivity index is 1.52. The van der Waals surface area contributed by atoms with Crippen molar-refractivity contribution in [3.8, 4) is 11.5 Å². The number of benzene rings is 3. The molecule has 0 aromatic heterocycles. The van der Waals surface area contributed by atoms with Gasteiger partial charge in [-0.3, -0.25) is 4.79 Å². The standard InChI is InChI=1S/C23H20ClNO4S/c24-17-10-12-19(13-11-17)30(27,28)20-14-15-25(16-20)23(26)21-8-4-5-9-22(21)29-18-6-2-1-3-7-18/h1-13,20H,14-16H2. The van der Waals surface area contributed by atoms with Gasteiger partial charge in [0.25, 0.3) is 5.91 Å². The average molecular weight is 442 g/mol. The first-order valence-corrected chi connectivity index (χ1v) is 11.5. The molecule has 1 aliphatic heterocycles. The molecule has 1 heterocycles. The number of nitrogens with zero attached hydrogens (tertiary/aromatic N) is 1. The molecule has 0 N–H and O–H groups in total. The Morgan fingerprint density at radius 2 is 1.60 bits per heavy atom. The molecule has 1 saturated heterocycles. The molecular formula is C23H20ClNO4S. The van der Waals surface area contributed by atoms with E-state index in [2.05, 4.69) is 0 Å². The lowest BCUT2D eigenvalue weighted by atomic mass is 10.1. The molecule has 1 amide bonds. The van der Waals surface area contributed by atoms with E-state index in [1.165, 1.54) is 12.1 Å². The third kappa shape index (κ3) is 4.20. The Labute approximate surface area is 180 Å². The zero-order valence-electron chi connectivity index (χ0n) is 16.1. The molecule has 3 aromatic rings. The predicted molar refractivity (Wildman–Crippen MR) is 116 cm³/mol. The van der Waals surface area contributed by atoms with Gasteiger partial charge in [-0.1, -0.05) is 41.9 Å². The number of para-hydroxylation sites is 2. The number of rotatable bonds is 5. The van der Waals surface area contributed by atoms with Crippen LogP contribution in [0.2, 0.25) is 5.02 Å². The number of amides is 1. The van der Waals surface area contributed by atoms with Gasteiger partial charge in [0.15, 0.2) is 9.84 Å². The first-order chi connectivity index (χ1) is 14.4. The Morgan fingerprint density at radius 3 is 2.33 bits per heavy atom.